The SMILES string of the molecule is CN(C)CCC(=O)Nc1nnc(C2CCCN2)o1. The third-order valence-electron chi connectivity index (χ3n) is 2.83. The van der Waals surface area contributed by atoms with Crippen LogP contribution in [-0.2, 0) is 4.79 Å². The lowest BCUT2D eigenvalue weighted by atomic mass is 10.2. The van der Waals surface area contributed by atoms with Crippen molar-refractivity contribution in [3.63, 3.8) is 0 Å². The van der Waals surface area contributed by atoms with Gasteiger partial charge in [-0.25, -0.2) is 0 Å². The summed E-state index contributed by atoms with van der Waals surface area (Å²) in [7, 11) is 3.84. The van der Waals surface area contributed by atoms with Gasteiger partial charge in [0, 0.05) is 13.0 Å². The minimum Gasteiger partial charge on any atom is -0.406 e. The molecule has 2 heterocycles. The number of nitrogens with one attached hydrogen (secondary N) is 2. The molecule has 0 radical (unpaired) electrons. The molecule has 18 heavy (non-hydrogen) atoms. The number of hydrogen-bond acceptors (Lipinski definition) is 6. The molecule has 0 spiro atoms. The van der Waals surface area contributed by atoms with Gasteiger partial charge in [0.15, 0.2) is 0 Å². The molecule has 7 nitrogen and oxygen atoms in total. The topological polar surface area (TPSA) is 83.3 Å². The van der Waals surface area contributed by atoms with Crippen LogP contribution in [0.15, 0.2) is 4.42 Å². The van der Waals surface area contributed by atoms with Crippen LogP contribution in [0, 0.1) is 0 Å². The van der Waals surface area contributed by atoms with E-state index in [9.17, 15) is 4.79 Å². The van der Waals surface area contributed by atoms with E-state index in [-0.39, 0.29) is 18.0 Å². The molecular weight excluding hydrogens is 234 g/mol. The van der Waals surface area contributed by atoms with Crippen molar-refractivity contribution in [3.05, 3.63) is 5.89 Å². The summed E-state index contributed by atoms with van der Waals surface area (Å²) >= 11 is 0. The van der Waals surface area contributed by atoms with Gasteiger partial charge in [-0.2, -0.15) is 0 Å². The van der Waals surface area contributed by atoms with Gasteiger partial charge in [0.2, 0.25) is 11.8 Å². The van der Waals surface area contributed by atoms with Gasteiger partial charge < -0.3 is 14.6 Å². The fourth-order valence-electron chi connectivity index (χ4n) is 1.83. The second-order valence-corrected chi connectivity index (χ2v) is 4.70. The van der Waals surface area contributed by atoms with Crippen LogP contribution in [0.1, 0.15) is 31.2 Å². The zero-order chi connectivity index (χ0) is 13.0. The van der Waals surface area contributed by atoms with Crippen molar-refractivity contribution in [1.29, 1.82) is 0 Å². The molecule has 7 heteroatoms. The van der Waals surface area contributed by atoms with Crippen molar-refractivity contribution in [2.75, 3.05) is 32.5 Å². The molecule has 2 rings (SSSR count). The normalized spacial score (nSPS) is 19.4. The first-order valence-corrected chi connectivity index (χ1v) is 6.16. The first-order valence-electron chi connectivity index (χ1n) is 6.16. The zero-order valence-electron chi connectivity index (χ0n) is 10.8. The molecule has 1 fully saturated rings. The second-order valence-electron chi connectivity index (χ2n) is 4.70. The fourth-order valence-corrected chi connectivity index (χ4v) is 1.83. The molecule has 1 aromatic rings. The Morgan fingerprint density at radius 2 is 2.39 bits per heavy atom. The van der Waals surface area contributed by atoms with E-state index in [0.717, 1.165) is 19.4 Å². The molecule has 0 bridgehead atoms. The molecule has 1 aliphatic heterocycles. The molecule has 0 saturated carbocycles. The summed E-state index contributed by atoms with van der Waals surface area (Å²) in [5.41, 5.74) is 0. The Labute approximate surface area is 106 Å². The largest absolute Gasteiger partial charge is 0.406 e. The summed E-state index contributed by atoms with van der Waals surface area (Å²) in [5.74, 6) is 0.439. The van der Waals surface area contributed by atoms with Crippen molar-refractivity contribution in [2.24, 2.45) is 0 Å². The number of aromatic nitrogens is 2. The smallest absolute Gasteiger partial charge is 0.322 e. The number of carbonyl (C=O) groups is 1. The highest BCUT2D eigenvalue weighted by molar-refractivity contribution is 5.88. The van der Waals surface area contributed by atoms with Crippen LogP contribution >= 0.6 is 0 Å². The summed E-state index contributed by atoms with van der Waals surface area (Å²) in [4.78, 5) is 13.5. The monoisotopic (exact) mass is 253 g/mol. The Bertz CT molecular complexity index is 398. The highest BCUT2D eigenvalue weighted by Gasteiger charge is 2.22. The lowest BCUT2D eigenvalue weighted by Gasteiger charge is -2.07. The van der Waals surface area contributed by atoms with E-state index in [2.05, 4.69) is 20.8 Å². The Kier molecular flexibility index (Phi) is 4.27. The lowest BCUT2D eigenvalue weighted by molar-refractivity contribution is -0.116. The molecule has 1 aliphatic rings. The number of nitrogens with zero attached hydrogens (tertiary/aromatic N) is 3. The van der Waals surface area contributed by atoms with Crippen molar-refractivity contribution in [2.45, 2.75) is 25.3 Å². The van der Waals surface area contributed by atoms with E-state index >= 15 is 0 Å². The number of carbonyl (C=O) groups excluding carboxylic acids is 1. The van der Waals surface area contributed by atoms with Crippen LogP contribution in [0.25, 0.3) is 0 Å². The number of amides is 1. The first kappa shape index (κ1) is 13.0. The molecular formula is C11H19N5O2. The third kappa shape index (κ3) is 3.51. The Hall–Kier alpha value is -1.47. The Morgan fingerprint density at radius 1 is 1.56 bits per heavy atom. The summed E-state index contributed by atoms with van der Waals surface area (Å²) < 4.78 is 5.41. The van der Waals surface area contributed by atoms with Crippen LogP contribution in [0.3, 0.4) is 0 Å². The molecule has 1 saturated heterocycles. The molecule has 0 aliphatic carbocycles. The summed E-state index contributed by atoms with van der Waals surface area (Å²) in [6.45, 7) is 1.66. The third-order valence-corrected chi connectivity index (χ3v) is 2.83. The minimum absolute atomic E-state index is 0.113. The average Bonchev–Trinajstić information content (AvgIpc) is 2.95. The molecule has 1 unspecified atom stereocenters. The highest BCUT2D eigenvalue weighted by Crippen LogP contribution is 2.22. The maximum Gasteiger partial charge on any atom is 0.322 e. The van der Waals surface area contributed by atoms with Crippen LogP contribution in [-0.4, -0.2) is 48.2 Å². The van der Waals surface area contributed by atoms with Gasteiger partial charge in [-0.05, 0) is 33.5 Å². The molecule has 1 atom stereocenters. The second kappa shape index (κ2) is 5.92. The molecule has 0 aromatic carbocycles. The van der Waals surface area contributed by atoms with Crippen molar-refractivity contribution in [3.8, 4) is 0 Å². The molecule has 100 valence electrons. The Balaban J connectivity index is 1.84. The summed E-state index contributed by atoms with van der Waals surface area (Å²) in [6.07, 6.45) is 2.51. The van der Waals surface area contributed by atoms with Crippen molar-refractivity contribution < 1.29 is 9.21 Å². The summed E-state index contributed by atoms with van der Waals surface area (Å²) in [5, 5.41) is 13.6. The lowest BCUT2D eigenvalue weighted by Crippen LogP contribution is -2.20. The van der Waals surface area contributed by atoms with Gasteiger partial charge in [0.25, 0.3) is 0 Å². The van der Waals surface area contributed by atoms with Gasteiger partial charge in [0.1, 0.15) is 0 Å². The van der Waals surface area contributed by atoms with E-state index < -0.39 is 0 Å². The van der Waals surface area contributed by atoms with E-state index in [4.69, 9.17) is 4.42 Å². The molecule has 1 aromatic heterocycles. The average molecular weight is 253 g/mol. The van der Waals surface area contributed by atoms with Gasteiger partial charge >= 0.3 is 6.01 Å². The van der Waals surface area contributed by atoms with Crippen LogP contribution in [0.2, 0.25) is 0 Å². The van der Waals surface area contributed by atoms with Gasteiger partial charge in [-0.3, -0.25) is 10.1 Å². The maximum absolute atomic E-state index is 11.6. The fraction of sp³-hybridized carbons (Fsp3) is 0.727. The standard InChI is InChI=1S/C11H19N5O2/c1-16(2)7-5-9(17)13-11-15-14-10(18-11)8-4-3-6-12-8/h8,12H,3-7H2,1-2H3,(H,13,15,17). The predicted octanol–water partition coefficient (Wildman–Crippen LogP) is 0.384. The number of rotatable bonds is 5. The van der Waals surface area contributed by atoms with E-state index in [1.165, 1.54) is 0 Å². The van der Waals surface area contributed by atoms with Gasteiger partial charge in [-0.15, -0.1) is 5.10 Å². The Morgan fingerprint density at radius 3 is 3.06 bits per heavy atom. The summed E-state index contributed by atoms with van der Waals surface area (Å²) in [6, 6.07) is 0.312. The van der Waals surface area contributed by atoms with Crippen molar-refractivity contribution >= 4 is 11.9 Å². The van der Waals surface area contributed by atoms with E-state index in [1.807, 2.05) is 19.0 Å². The van der Waals surface area contributed by atoms with Gasteiger partial charge in [-0.1, -0.05) is 5.10 Å². The van der Waals surface area contributed by atoms with Crippen molar-refractivity contribution in [1.82, 2.24) is 20.4 Å². The number of anilines is 1. The molecule has 1 amide bonds. The van der Waals surface area contributed by atoms with E-state index in [1.54, 1.807) is 0 Å². The van der Waals surface area contributed by atoms with Crippen LogP contribution < -0.4 is 10.6 Å². The predicted molar refractivity (Wildman–Crippen MR) is 66.1 cm³/mol. The molecule has 2 N–H and O–H groups in total. The zero-order valence-corrected chi connectivity index (χ0v) is 10.8. The maximum atomic E-state index is 11.6. The minimum atomic E-state index is -0.113. The first-order chi connectivity index (χ1) is 8.65. The van der Waals surface area contributed by atoms with Gasteiger partial charge in [0.05, 0.1) is 6.04 Å². The van der Waals surface area contributed by atoms with Crippen LogP contribution in [0.5, 0.6) is 0 Å². The number of hydrogen-bond donors (Lipinski definition) is 2. The quantitative estimate of drug-likeness (QED) is 0.789. The highest BCUT2D eigenvalue weighted by atomic mass is 16.4. The van der Waals surface area contributed by atoms with Crippen LogP contribution in [0.4, 0.5) is 6.01 Å². The van der Waals surface area contributed by atoms with E-state index in [0.29, 0.717) is 18.9 Å².